The normalized spacial score (nSPS) is 10.5. The summed E-state index contributed by atoms with van der Waals surface area (Å²) in [5.74, 6) is 0.00506. The van der Waals surface area contributed by atoms with Gasteiger partial charge in [-0.05, 0) is 30.8 Å². The second kappa shape index (κ2) is 5.86. The third-order valence-corrected chi connectivity index (χ3v) is 2.58. The van der Waals surface area contributed by atoms with E-state index in [-0.39, 0.29) is 5.91 Å². The molecule has 4 nitrogen and oxygen atoms in total. The lowest BCUT2D eigenvalue weighted by molar-refractivity contribution is -0.121. The van der Waals surface area contributed by atoms with Crippen LogP contribution in [-0.4, -0.2) is 31.4 Å². The molecule has 0 aliphatic heterocycles. The van der Waals surface area contributed by atoms with Crippen LogP contribution in [0.1, 0.15) is 5.56 Å². The van der Waals surface area contributed by atoms with E-state index in [2.05, 4.69) is 21.2 Å². The Labute approximate surface area is 104 Å². The number of hydrogen-bond acceptors (Lipinski definition) is 3. The number of likely N-dealkylation sites (N-methyl/N-ethyl adjacent to an activating group) is 2. The Hall–Kier alpha value is -1.07. The van der Waals surface area contributed by atoms with Gasteiger partial charge in [-0.25, -0.2) is 0 Å². The quantitative estimate of drug-likeness (QED) is 0.818. The maximum Gasteiger partial charge on any atom is 0.233 e. The molecular weight excluding hydrogens is 270 g/mol. The van der Waals surface area contributed by atoms with Gasteiger partial charge >= 0.3 is 0 Å². The Morgan fingerprint density at radius 2 is 2.19 bits per heavy atom. The number of nitrogens with zero attached hydrogens (tertiary/aromatic N) is 1. The second-order valence-corrected chi connectivity index (χ2v) is 4.65. The molecule has 1 amide bonds. The highest BCUT2D eigenvalue weighted by molar-refractivity contribution is 9.10. The summed E-state index contributed by atoms with van der Waals surface area (Å²) < 4.78 is 0.954. The predicted octanol–water partition coefficient (Wildman–Crippen LogP) is 1.21. The first-order valence-electron chi connectivity index (χ1n) is 4.95. The lowest BCUT2D eigenvalue weighted by atomic mass is 10.2. The highest BCUT2D eigenvalue weighted by atomic mass is 79.9. The van der Waals surface area contributed by atoms with E-state index in [1.807, 2.05) is 30.1 Å². The van der Waals surface area contributed by atoms with Crippen molar-refractivity contribution in [3.8, 4) is 0 Å². The van der Waals surface area contributed by atoms with Gasteiger partial charge in [0.15, 0.2) is 0 Å². The molecule has 88 valence electrons. The zero-order valence-corrected chi connectivity index (χ0v) is 11.0. The van der Waals surface area contributed by atoms with Gasteiger partial charge in [0.1, 0.15) is 0 Å². The first-order valence-corrected chi connectivity index (χ1v) is 5.74. The molecule has 0 aromatic heterocycles. The molecule has 3 N–H and O–H groups in total. The van der Waals surface area contributed by atoms with E-state index in [9.17, 15) is 4.79 Å². The summed E-state index contributed by atoms with van der Waals surface area (Å²) in [4.78, 5) is 13.1. The lowest BCUT2D eigenvalue weighted by Crippen LogP contribution is -2.32. The first-order chi connectivity index (χ1) is 7.51. The van der Waals surface area contributed by atoms with Gasteiger partial charge in [0, 0.05) is 23.8 Å². The van der Waals surface area contributed by atoms with Gasteiger partial charge in [-0.3, -0.25) is 9.69 Å². The minimum Gasteiger partial charge on any atom is -0.399 e. The van der Waals surface area contributed by atoms with Crippen molar-refractivity contribution in [2.24, 2.45) is 0 Å². The van der Waals surface area contributed by atoms with Gasteiger partial charge in [-0.15, -0.1) is 0 Å². The average molecular weight is 286 g/mol. The molecule has 0 fully saturated rings. The third kappa shape index (κ3) is 4.20. The summed E-state index contributed by atoms with van der Waals surface area (Å²) in [6.45, 7) is 1.07. The van der Waals surface area contributed by atoms with Crippen LogP contribution in [0.25, 0.3) is 0 Å². The molecule has 0 aliphatic carbocycles. The van der Waals surface area contributed by atoms with Crippen LogP contribution in [0.4, 0.5) is 5.69 Å². The predicted molar refractivity (Wildman–Crippen MR) is 69.0 cm³/mol. The van der Waals surface area contributed by atoms with Gasteiger partial charge in [-0.1, -0.05) is 15.9 Å². The fraction of sp³-hybridized carbons (Fsp3) is 0.364. The summed E-state index contributed by atoms with van der Waals surface area (Å²) >= 11 is 3.39. The highest BCUT2D eigenvalue weighted by Gasteiger charge is 2.06. The van der Waals surface area contributed by atoms with Crippen LogP contribution in [0.5, 0.6) is 0 Å². The molecule has 0 radical (unpaired) electrons. The number of hydrogen-bond donors (Lipinski definition) is 2. The number of carbonyl (C=O) groups is 1. The Morgan fingerprint density at radius 1 is 1.50 bits per heavy atom. The molecule has 0 aliphatic rings. The second-order valence-electron chi connectivity index (χ2n) is 3.74. The molecule has 0 heterocycles. The van der Waals surface area contributed by atoms with E-state index in [1.165, 1.54) is 0 Å². The molecule has 1 aromatic rings. The SMILES string of the molecule is CNC(=O)CN(C)Cc1cc(N)cc(Br)c1. The van der Waals surface area contributed by atoms with Gasteiger partial charge in [0.25, 0.3) is 0 Å². The molecule has 0 saturated heterocycles. The van der Waals surface area contributed by atoms with E-state index in [4.69, 9.17) is 5.73 Å². The number of amides is 1. The summed E-state index contributed by atoms with van der Waals surface area (Å²) in [7, 11) is 3.53. The van der Waals surface area contributed by atoms with Gasteiger partial charge in [0.05, 0.1) is 6.54 Å². The van der Waals surface area contributed by atoms with Crippen LogP contribution in [0.3, 0.4) is 0 Å². The average Bonchev–Trinajstić information content (AvgIpc) is 2.15. The van der Waals surface area contributed by atoms with Crippen molar-refractivity contribution in [3.63, 3.8) is 0 Å². The minimum absolute atomic E-state index is 0.00506. The van der Waals surface area contributed by atoms with Crippen molar-refractivity contribution in [1.29, 1.82) is 0 Å². The molecule has 0 atom stereocenters. The number of nitrogens with two attached hydrogens (primary N) is 1. The molecular formula is C11H16BrN3O. The van der Waals surface area contributed by atoms with E-state index in [0.29, 0.717) is 13.1 Å². The van der Waals surface area contributed by atoms with E-state index < -0.39 is 0 Å². The van der Waals surface area contributed by atoms with Crippen molar-refractivity contribution in [3.05, 3.63) is 28.2 Å². The van der Waals surface area contributed by atoms with E-state index >= 15 is 0 Å². The number of carbonyl (C=O) groups excluding carboxylic acids is 1. The van der Waals surface area contributed by atoms with Crippen LogP contribution in [0.15, 0.2) is 22.7 Å². The summed E-state index contributed by atoms with van der Waals surface area (Å²) in [5.41, 5.74) is 7.54. The Kier molecular flexibility index (Phi) is 4.76. The smallest absolute Gasteiger partial charge is 0.233 e. The van der Waals surface area contributed by atoms with Crippen LogP contribution in [0, 0.1) is 0 Å². The number of benzene rings is 1. The lowest BCUT2D eigenvalue weighted by Gasteiger charge is -2.16. The molecule has 1 rings (SSSR count). The monoisotopic (exact) mass is 285 g/mol. The van der Waals surface area contributed by atoms with Gasteiger partial charge in [0.2, 0.25) is 5.91 Å². The van der Waals surface area contributed by atoms with Crippen molar-refractivity contribution < 1.29 is 4.79 Å². The standard InChI is InChI=1S/C11H16BrN3O/c1-14-11(16)7-15(2)6-8-3-9(12)5-10(13)4-8/h3-5H,6-7,13H2,1-2H3,(H,14,16). The van der Waals surface area contributed by atoms with Gasteiger partial charge < -0.3 is 11.1 Å². The maximum atomic E-state index is 11.2. The molecule has 16 heavy (non-hydrogen) atoms. The van der Waals surface area contributed by atoms with Crippen LogP contribution >= 0.6 is 15.9 Å². The summed E-state index contributed by atoms with van der Waals surface area (Å²) in [6, 6.07) is 5.75. The van der Waals surface area contributed by atoms with Crippen LogP contribution in [-0.2, 0) is 11.3 Å². The fourth-order valence-electron chi connectivity index (χ4n) is 1.46. The van der Waals surface area contributed by atoms with Crippen molar-refractivity contribution >= 4 is 27.5 Å². The molecule has 0 bridgehead atoms. The molecule has 0 spiro atoms. The van der Waals surface area contributed by atoms with Crippen molar-refractivity contribution in [1.82, 2.24) is 10.2 Å². The number of rotatable bonds is 4. The topological polar surface area (TPSA) is 58.4 Å². The third-order valence-electron chi connectivity index (χ3n) is 2.12. The Balaban J connectivity index is 2.62. The molecule has 0 saturated carbocycles. The Bertz CT molecular complexity index is 361. The summed E-state index contributed by atoms with van der Waals surface area (Å²) in [5, 5.41) is 2.59. The first kappa shape index (κ1) is 13.0. The fourth-order valence-corrected chi connectivity index (χ4v) is 2.02. The van der Waals surface area contributed by atoms with Crippen molar-refractivity contribution in [2.45, 2.75) is 6.54 Å². The highest BCUT2D eigenvalue weighted by Crippen LogP contribution is 2.18. The van der Waals surface area contributed by atoms with Crippen LogP contribution < -0.4 is 11.1 Å². The largest absolute Gasteiger partial charge is 0.399 e. The minimum atomic E-state index is 0.00506. The maximum absolute atomic E-state index is 11.2. The van der Waals surface area contributed by atoms with Gasteiger partial charge in [-0.2, -0.15) is 0 Å². The zero-order valence-electron chi connectivity index (χ0n) is 9.46. The van der Waals surface area contributed by atoms with Crippen molar-refractivity contribution in [2.75, 3.05) is 26.4 Å². The Morgan fingerprint density at radius 3 is 2.75 bits per heavy atom. The molecule has 0 unspecified atom stereocenters. The van der Waals surface area contributed by atoms with E-state index in [1.54, 1.807) is 7.05 Å². The summed E-state index contributed by atoms with van der Waals surface area (Å²) in [6.07, 6.45) is 0. The zero-order chi connectivity index (χ0) is 12.1. The number of anilines is 1. The molecule has 1 aromatic carbocycles. The number of nitrogen functional groups attached to an aromatic ring is 1. The number of nitrogens with one attached hydrogen (secondary N) is 1. The number of halogens is 1. The van der Waals surface area contributed by atoms with E-state index in [0.717, 1.165) is 15.7 Å². The molecule has 5 heteroatoms. The van der Waals surface area contributed by atoms with Crippen LogP contribution in [0.2, 0.25) is 0 Å².